The van der Waals surface area contributed by atoms with Crippen molar-refractivity contribution in [1.82, 2.24) is 15.2 Å². The van der Waals surface area contributed by atoms with Crippen molar-refractivity contribution < 1.29 is 27.1 Å². The molecule has 180 valence electrons. The van der Waals surface area contributed by atoms with Gasteiger partial charge < -0.3 is 14.5 Å². The quantitative estimate of drug-likeness (QED) is 0.483. The number of benzene rings is 2. The average Bonchev–Trinajstić information content (AvgIpc) is 3.50. The van der Waals surface area contributed by atoms with Crippen molar-refractivity contribution in [3.05, 3.63) is 89.1 Å². The van der Waals surface area contributed by atoms with Crippen LogP contribution in [0.5, 0.6) is 0 Å². The molecule has 1 aliphatic rings. The fourth-order valence-corrected chi connectivity index (χ4v) is 3.85. The lowest BCUT2D eigenvalue weighted by Crippen LogP contribution is -2.32. The number of amides is 1. The maximum atomic E-state index is 12.9. The number of rotatable bonds is 9. The first-order valence-electron chi connectivity index (χ1n) is 11.1. The van der Waals surface area contributed by atoms with E-state index in [4.69, 9.17) is 9.15 Å². The highest BCUT2D eigenvalue weighted by Gasteiger charge is 2.30. The van der Waals surface area contributed by atoms with E-state index in [1.807, 2.05) is 35.2 Å². The molecule has 6 nitrogen and oxygen atoms in total. The fourth-order valence-electron chi connectivity index (χ4n) is 3.85. The minimum absolute atomic E-state index is 0.0282. The van der Waals surface area contributed by atoms with Crippen molar-refractivity contribution in [2.45, 2.75) is 44.8 Å². The lowest BCUT2D eigenvalue weighted by molar-refractivity contribution is -0.137. The third-order valence-electron chi connectivity index (χ3n) is 5.59. The molecule has 2 heterocycles. The van der Waals surface area contributed by atoms with E-state index in [2.05, 4.69) is 10.3 Å². The SMILES string of the molecule is O=C(NC[C@H]1CCCO1)c1coc(CN(Cc2ccccc2)Cc2ccc(C(F)(F)F)cc2)n1. The van der Waals surface area contributed by atoms with Gasteiger partial charge in [0.15, 0.2) is 5.69 Å². The van der Waals surface area contributed by atoms with Crippen molar-refractivity contribution >= 4 is 5.91 Å². The second-order valence-electron chi connectivity index (χ2n) is 8.30. The standard InChI is InChI=1S/C25H26F3N3O3/c26-25(27,28)20-10-8-19(9-11-20)15-31(14-18-5-2-1-3-6-18)16-23-30-22(17-34-23)24(32)29-13-21-7-4-12-33-21/h1-3,5-6,8-11,17,21H,4,7,12-16H2,(H,29,32)/t21-/m1/s1. The van der Waals surface area contributed by atoms with Gasteiger partial charge in [0, 0.05) is 26.2 Å². The molecule has 3 aromatic rings. The Hall–Kier alpha value is -3.17. The van der Waals surface area contributed by atoms with Gasteiger partial charge in [-0.2, -0.15) is 13.2 Å². The maximum Gasteiger partial charge on any atom is 0.416 e. The van der Waals surface area contributed by atoms with Crippen LogP contribution >= 0.6 is 0 Å². The van der Waals surface area contributed by atoms with Crippen molar-refractivity contribution in [2.75, 3.05) is 13.2 Å². The number of ether oxygens (including phenoxy) is 1. The molecule has 34 heavy (non-hydrogen) atoms. The van der Waals surface area contributed by atoms with Crippen LogP contribution in [0.25, 0.3) is 0 Å². The first-order valence-corrected chi connectivity index (χ1v) is 11.1. The normalized spacial score (nSPS) is 16.2. The summed E-state index contributed by atoms with van der Waals surface area (Å²) in [6.45, 7) is 2.34. The highest BCUT2D eigenvalue weighted by Crippen LogP contribution is 2.29. The van der Waals surface area contributed by atoms with Gasteiger partial charge in [0.1, 0.15) is 6.26 Å². The molecule has 1 aliphatic heterocycles. The topological polar surface area (TPSA) is 67.6 Å². The van der Waals surface area contributed by atoms with E-state index in [1.54, 1.807) is 0 Å². The molecule has 0 spiro atoms. The van der Waals surface area contributed by atoms with Gasteiger partial charge in [0.25, 0.3) is 5.91 Å². The Morgan fingerprint density at radius 3 is 2.38 bits per heavy atom. The predicted molar refractivity (Wildman–Crippen MR) is 119 cm³/mol. The lowest BCUT2D eigenvalue weighted by Gasteiger charge is -2.21. The minimum atomic E-state index is -4.37. The van der Waals surface area contributed by atoms with E-state index in [0.717, 1.165) is 36.1 Å². The Morgan fingerprint density at radius 1 is 1.03 bits per heavy atom. The predicted octanol–water partition coefficient (Wildman–Crippen LogP) is 4.80. The van der Waals surface area contributed by atoms with E-state index >= 15 is 0 Å². The molecule has 0 unspecified atom stereocenters. The molecule has 0 saturated carbocycles. The molecule has 0 aliphatic carbocycles. The smallest absolute Gasteiger partial charge is 0.416 e. The van der Waals surface area contributed by atoms with Gasteiger partial charge in [0.2, 0.25) is 5.89 Å². The van der Waals surface area contributed by atoms with Crippen LogP contribution in [-0.4, -0.2) is 35.0 Å². The molecule has 1 fully saturated rings. The number of aromatic nitrogens is 1. The van der Waals surface area contributed by atoms with E-state index in [1.165, 1.54) is 18.4 Å². The molecular weight excluding hydrogens is 447 g/mol. The molecule has 1 saturated heterocycles. The van der Waals surface area contributed by atoms with Crippen LogP contribution in [0.2, 0.25) is 0 Å². The molecule has 1 atom stereocenters. The van der Waals surface area contributed by atoms with Crippen molar-refractivity contribution in [2.24, 2.45) is 0 Å². The lowest BCUT2D eigenvalue weighted by atomic mass is 10.1. The second kappa shape index (κ2) is 10.8. The van der Waals surface area contributed by atoms with Gasteiger partial charge in [-0.15, -0.1) is 0 Å². The molecule has 2 aromatic carbocycles. The summed E-state index contributed by atoms with van der Waals surface area (Å²) in [5.74, 6) is 0.0213. The van der Waals surface area contributed by atoms with Gasteiger partial charge in [-0.25, -0.2) is 4.98 Å². The zero-order valence-electron chi connectivity index (χ0n) is 18.6. The van der Waals surface area contributed by atoms with Crippen LogP contribution in [0.1, 0.15) is 45.9 Å². The molecule has 1 amide bonds. The molecule has 4 rings (SSSR count). The van der Waals surface area contributed by atoms with Crippen molar-refractivity contribution in [1.29, 1.82) is 0 Å². The van der Waals surface area contributed by atoms with E-state index in [-0.39, 0.29) is 24.2 Å². The zero-order chi connectivity index (χ0) is 24.0. The Balaban J connectivity index is 1.42. The Labute approximate surface area is 195 Å². The van der Waals surface area contributed by atoms with Crippen molar-refractivity contribution in [3.63, 3.8) is 0 Å². The van der Waals surface area contributed by atoms with Crippen LogP contribution in [0.3, 0.4) is 0 Å². The van der Waals surface area contributed by atoms with Crippen molar-refractivity contribution in [3.8, 4) is 0 Å². The summed E-state index contributed by atoms with van der Waals surface area (Å²) in [5.41, 5.74) is 1.26. The summed E-state index contributed by atoms with van der Waals surface area (Å²) < 4.78 is 49.7. The number of carbonyl (C=O) groups excluding carboxylic acids is 1. The number of halogens is 3. The van der Waals surface area contributed by atoms with E-state index in [0.29, 0.717) is 32.1 Å². The number of hydrogen-bond donors (Lipinski definition) is 1. The number of nitrogens with zero attached hydrogens (tertiary/aromatic N) is 2. The zero-order valence-corrected chi connectivity index (χ0v) is 18.6. The summed E-state index contributed by atoms with van der Waals surface area (Å²) in [6, 6.07) is 14.8. The Bertz CT molecular complexity index is 1060. The Kier molecular flexibility index (Phi) is 7.64. The first kappa shape index (κ1) is 24.0. The fraction of sp³-hybridized carbons (Fsp3) is 0.360. The summed E-state index contributed by atoms with van der Waals surface area (Å²) in [6.07, 6.45) is -1.12. The highest BCUT2D eigenvalue weighted by molar-refractivity contribution is 5.91. The number of nitrogens with one attached hydrogen (secondary N) is 1. The first-order chi connectivity index (χ1) is 16.4. The van der Waals surface area contributed by atoms with Gasteiger partial charge in [0.05, 0.1) is 18.2 Å². The average molecular weight is 473 g/mol. The number of hydrogen-bond acceptors (Lipinski definition) is 5. The minimum Gasteiger partial charge on any atom is -0.447 e. The molecule has 0 bridgehead atoms. The number of alkyl halides is 3. The largest absolute Gasteiger partial charge is 0.447 e. The highest BCUT2D eigenvalue weighted by atomic mass is 19.4. The summed E-state index contributed by atoms with van der Waals surface area (Å²) >= 11 is 0. The summed E-state index contributed by atoms with van der Waals surface area (Å²) in [5, 5.41) is 2.81. The second-order valence-corrected chi connectivity index (χ2v) is 8.30. The van der Waals surface area contributed by atoms with Gasteiger partial charge in [-0.3, -0.25) is 9.69 Å². The van der Waals surface area contributed by atoms with Gasteiger partial charge in [-0.05, 0) is 36.1 Å². The van der Waals surface area contributed by atoms with E-state index < -0.39 is 11.7 Å². The van der Waals surface area contributed by atoms with Crippen LogP contribution in [0.15, 0.2) is 65.3 Å². The molecule has 9 heteroatoms. The molecular formula is C25H26F3N3O3. The van der Waals surface area contributed by atoms with Gasteiger partial charge >= 0.3 is 6.18 Å². The maximum absolute atomic E-state index is 12.9. The Morgan fingerprint density at radius 2 is 1.74 bits per heavy atom. The summed E-state index contributed by atoms with van der Waals surface area (Å²) in [4.78, 5) is 18.7. The molecule has 1 aromatic heterocycles. The third-order valence-corrected chi connectivity index (χ3v) is 5.59. The number of oxazole rings is 1. The summed E-state index contributed by atoms with van der Waals surface area (Å²) in [7, 11) is 0. The van der Waals surface area contributed by atoms with Crippen LogP contribution in [0.4, 0.5) is 13.2 Å². The molecule has 0 radical (unpaired) electrons. The third kappa shape index (κ3) is 6.68. The van der Waals surface area contributed by atoms with E-state index in [9.17, 15) is 18.0 Å². The van der Waals surface area contributed by atoms with Crippen LogP contribution in [-0.2, 0) is 30.5 Å². The van der Waals surface area contributed by atoms with Crippen LogP contribution in [0, 0.1) is 0 Å². The van der Waals surface area contributed by atoms with Gasteiger partial charge in [-0.1, -0.05) is 42.5 Å². The number of carbonyl (C=O) groups is 1. The van der Waals surface area contributed by atoms with Crippen LogP contribution < -0.4 is 5.32 Å². The monoisotopic (exact) mass is 473 g/mol. The molecule has 1 N–H and O–H groups in total.